The predicted molar refractivity (Wildman–Crippen MR) is 46.7 cm³/mol. The van der Waals surface area contributed by atoms with E-state index in [9.17, 15) is 8.78 Å². The van der Waals surface area contributed by atoms with E-state index in [4.69, 9.17) is 10.5 Å². The van der Waals surface area contributed by atoms with Gasteiger partial charge in [0.2, 0.25) is 11.8 Å². The second kappa shape index (κ2) is 4.59. The largest absolute Gasteiger partial charge is 0.481 e. The summed E-state index contributed by atoms with van der Waals surface area (Å²) in [6.07, 6.45) is -2.55. The average Bonchev–Trinajstić information content (AvgIpc) is 2.16. The molecule has 0 aliphatic heterocycles. The molecule has 0 unspecified atom stereocenters. The van der Waals surface area contributed by atoms with Gasteiger partial charge in [0.1, 0.15) is 0 Å². The highest BCUT2D eigenvalue weighted by Gasteiger charge is 2.08. The molecule has 78 valence electrons. The van der Waals surface area contributed by atoms with Crippen molar-refractivity contribution in [2.45, 2.75) is 6.43 Å². The lowest BCUT2D eigenvalue weighted by Gasteiger charge is -2.08. The molecule has 1 rings (SSSR count). The van der Waals surface area contributed by atoms with Crippen molar-refractivity contribution < 1.29 is 18.3 Å². The first-order chi connectivity index (χ1) is 6.63. The van der Waals surface area contributed by atoms with Crippen molar-refractivity contribution in [1.82, 2.24) is 4.98 Å². The zero-order valence-electron chi connectivity index (χ0n) is 7.54. The molecule has 4 nitrogen and oxygen atoms in total. The van der Waals surface area contributed by atoms with Crippen LogP contribution in [0.15, 0.2) is 12.1 Å². The fraction of sp³-hybridized carbons (Fsp3) is 0.375. The minimum absolute atomic E-state index is 0.0374. The number of nitrogens with zero attached hydrogens (tertiary/aromatic N) is 1. The third kappa shape index (κ3) is 2.72. The van der Waals surface area contributed by atoms with E-state index in [2.05, 4.69) is 9.72 Å². The van der Waals surface area contributed by atoms with Gasteiger partial charge in [-0.25, -0.2) is 8.78 Å². The first-order valence-electron chi connectivity index (χ1n) is 3.85. The summed E-state index contributed by atoms with van der Waals surface area (Å²) < 4.78 is 33.1. The standard InChI is InChI=1S/C8H10F2N2O2/c1-13-7-3-2-5(11)8(12-7)14-4-6(9)10/h2-3,6H,4,11H2,1H3. The van der Waals surface area contributed by atoms with Gasteiger partial charge in [-0.3, -0.25) is 0 Å². The highest BCUT2D eigenvalue weighted by Crippen LogP contribution is 2.22. The van der Waals surface area contributed by atoms with Crippen LogP contribution in [0.3, 0.4) is 0 Å². The van der Waals surface area contributed by atoms with Gasteiger partial charge in [0.25, 0.3) is 6.43 Å². The number of hydrogen-bond donors (Lipinski definition) is 1. The fourth-order valence-corrected chi connectivity index (χ4v) is 0.805. The van der Waals surface area contributed by atoms with Crippen LogP contribution in [0.25, 0.3) is 0 Å². The van der Waals surface area contributed by atoms with E-state index in [1.54, 1.807) is 0 Å². The zero-order valence-corrected chi connectivity index (χ0v) is 7.54. The Kier molecular flexibility index (Phi) is 3.44. The van der Waals surface area contributed by atoms with E-state index < -0.39 is 13.0 Å². The van der Waals surface area contributed by atoms with Crippen molar-refractivity contribution in [2.24, 2.45) is 0 Å². The molecule has 0 amide bonds. The quantitative estimate of drug-likeness (QED) is 0.803. The van der Waals surface area contributed by atoms with Crippen molar-refractivity contribution in [2.75, 3.05) is 19.5 Å². The molecule has 1 heterocycles. The Morgan fingerprint density at radius 1 is 1.50 bits per heavy atom. The lowest BCUT2D eigenvalue weighted by Crippen LogP contribution is -2.09. The van der Waals surface area contributed by atoms with Crippen LogP contribution < -0.4 is 15.2 Å². The molecule has 0 aliphatic rings. The Labute approximate surface area is 79.6 Å². The smallest absolute Gasteiger partial charge is 0.272 e. The van der Waals surface area contributed by atoms with Gasteiger partial charge in [0, 0.05) is 6.07 Å². The second-order valence-electron chi connectivity index (χ2n) is 2.45. The van der Waals surface area contributed by atoms with Crippen LogP contribution in [0.4, 0.5) is 14.5 Å². The maximum absolute atomic E-state index is 11.8. The Hall–Kier alpha value is -1.59. The first-order valence-corrected chi connectivity index (χ1v) is 3.85. The minimum atomic E-state index is -2.55. The van der Waals surface area contributed by atoms with Crippen LogP contribution in [0.2, 0.25) is 0 Å². The van der Waals surface area contributed by atoms with Crippen LogP contribution in [-0.4, -0.2) is 25.1 Å². The van der Waals surface area contributed by atoms with E-state index in [1.807, 2.05) is 0 Å². The van der Waals surface area contributed by atoms with Crippen LogP contribution in [0.5, 0.6) is 11.8 Å². The highest BCUT2D eigenvalue weighted by atomic mass is 19.3. The van der Waals surface area contributed by atoms with Crippen molar-refractivity contribution in [3.63, 3.8) is 0 Å². The fourth-order valence-electron chi connectivity index (χ4n) is 0.805. The number of rotatable bonds is 4. The van der Waals surface area contributed by atoms with Gasteiger partial charge in [-0.15, -0.1) is 0 Å². The first kappa shape index (κ1) is 10.5. The molecular formula is C8H10F2N2O2. The number of aromatic nitrogens is 1. The maximum Gasteiger partial charge on any atom is 0.272 e. The van der Waals surface area contributed by atoms with Gasteiger partial charge in [0.15, 0.2) is 6.61 Å². The third-order valence-corrected chi connectivity index (χ3v) is 1.42. The number of methoxy groups -OCH3 is 1. The number of pyridine rings is 1. The molecule has 6 heteroatoms. The Morgan fingerprint density at radius 2 is 2.21 bits per heavy atom. The normalized spacial score (nSPS) is 10.3. The van der Waals surface area contributed by atoms with Gasteiger partial charge in [-0.2, -0.15) is 4.98 Å². The van der Waals surface area contributed by atoms with Crippen LogP contribution in [0.1, 0.15) is 0 Å². The summed E-state index contributed by atoms with van der Waals surface area (Å²) in [7, 11) is 1.41. The summed E-state index contributed by atoms with van der Waals surface area (Å²) in [5, 5.41) is 0. The van der Waals surface area contributed by atoms with Gasteiger partial charge in [-0.1, -0.05) is 0 Å². The minimum Gasteiger partial charge on any atom is -0.481 e. The number of halogens is 2. The lowest BCUT2D eigenvalue weighted by molar-refractivity contribution is 0.0797. The summed E-state index contributed by atoms with van der Waals surface area (Å²) in [6, 6.07) is 3.00. The zero-order chi connectivity index (χ0) is 10.6. The number of ether oxygens (including phenoxy) is 2. The number of nitrogens with two attached hydrogens (primary N) is 1. The van der Waals surface area contributed by atoms with Gasteiger partial charge < -0.3 is 15.2 Å². The van der Waals surface area contributed by atoms with E-state index in [0.29, 0.717) is 0 Å². The van der Waals surface area contributed by atoms with E-state index in [-0.39, 0.29) is 17.4 Å². The van der Waals surface area contributed by atoms with Crippen LogP contribution in [-0.2, 0) is 0 Å². The van der Waals surface area contributed by atoms with Crippen molar-refractivity contribution in [3.8, 4) is 11.8 Å². The number of hydrogen-bond acceptors (Lipinski definition) is 4. The van der Waals surface area contributed by atoms with E-state index >= 15 is 0 Å². The molecular weight excluding hydrogens is 194 g/mol. The molecule has 0 saturated heterocycles. The topological polar surface area (TPSA) is 57.4 Å². The van der Waals surface area contributed by atoms with Crippen molar-refractivity contribution in [3.05, 3.63) is 12.1 Å². The lowest BCUT2D eigenvalue weighted by atomic mass is 10.4. The molecule has 0 spiro atoms. The number of anilines is 1. The van der Waals surface area contributed by atoms with Gasteiger partial charge in [-0.05, 0) is 6.07 Å². The molecule has 1 aromatic rings. The number of alkyl halides is 2. The van der Waals surface area contributed by atoms with Gasteiger partial charge >= 0.3 is 0 Å². The summed E-state index contributed by atoms with van der Waals surface area (Å²) >= 11 is 0. The number of nitrogen functional groups attached to an aromatic ring is 1. The molecule has 0 atom stereocenters. The summed E-state index contributed by atoms with van der Waals surface area (Å²) in [5.41, 5.74) is 5.64. The summed E-state index contributed by atoms with van der Waals surface area (Å²) in [6.45, 7) is -0.732. The van der Waals surface area contributed by atoms with Crippen molar-refractivity contribution >= 4 is 5.69 Å². The van der Waals surface area contributed by atoms with E-state index in [0.717, 1.165) is 0 Å². The Morgan fingerprint density at radius 3 is 2.79 bits per heavy atom. The van der Waals surface area contributed by atoms with Gasteiger partial charge in [0.05, 0.1) is 12.8 Å². The summed E-state index contributed by atoms with van der Waals surface area (Å²) in [4.78, 5) is 3.76. The highest BCUT2D eigenvalue weighted by molar-refractivity contribution is 5.49. The Bertz CT molecular complexity index is 307. The predicted octanol–water partition coefficient (Wildman–Crippen LogP) is 1.32. The molecule has 1 aromatic heterocycles. The molecule has 0 radical (unpaired) electrons. The van der Waals surface area contributed by atoms with Crippen LogP contribution in [0, 0.1) is 0 Å². The molecule has 0 saturated carbocycles. The molecule has 2 N–H and O–H groups in total. The van der Waals surface area contributed by atoms with E-state index in [1.165, 1.54) is 19.2 Å². The molecule has 14 heavy (non-hydrogen) atoms. The Balaban J connectivity index is 2.73. The van der Waals surface area contributed by atoms with Crippen LogP contribution >= 0.6 is 0 Å². The summed E-state index contributed by atoms with van der Waals surface area (Å²) in [5.74, 6) is 0.230. The SMILES string of the molecule is COc1ccc(N)c(OCC(F)F)n1. The monoisotopic (exact) mass is 204 g/mol. The maximum atomic E-state index is 11.8. The van der Waals surface area contributed by atoms with Crippen molar-refractivity contribution in [1.29, 1.82) is 0 Å². The third-order valence-electron chi connectivity index (χ3n) is 1.42. The second-order valence-corrected chi connectivity index (χ2v) is 2.45. The average molecular weight is 204 g/mol. The molecule has 0 aliphatic carbocycles. The molecule has 0 fully saturated rings. The molecule has 0 bridgehead atoms. The molecule has 0 aromatic carbocycles.